The number of ether oxygens (including phenoxy) is 1. The van der Waals surface area contributed by atoms with E-state index in [-0.39, 0.29) is 23.4 Å². The number of hydrogen-bond acceptors (Lipinski definition) is 5. The van der Waals surface area contributed by atoms with Crippen molar-refractivity contribution in [3.63, 3.8) is 0 Å². The molecule has 0 aromatic heterocycles. The van der Waals surface area contributed by atoms with Gasteiger partial charge in [0.25, 0.3) is 11.7 Å². The normalized spacial score (nSPS) is 20.8. The van der Waals surface area contributed by atoms with Crippen molar-refractivity contribution < 1.29 is 28.2 Å². The van der Waals surface area contributed by atoms with E-state index >= 15 is 0 Å². The molecule has 2 aliphatic heterocycles. The molecule has 2 aromatic carbocycles. The Kier molecular flexibility index (Phi) is 6.23. The lowest BCUT2D eigenvalue weighted by molar-refractivity contribution is -0.140. The molecule has 2 aromatic rings. The topological polar surface area (TPSA) is 70.1 Å². The van der Waals surface area contributed by atoms with E-state index in [0.717, 1.165) is 38.1 Å². The summed E-state index contributed by atoms with van der Waals surface area (Å²) in [5.74, 6) is -3.27. The summed E-state index contributed by atoms with van der Waals surface area (Å²) in [5, 5.41) is 11.1. The third-order valence-corrected chi connectivity index (χ3v) is 5.98. The van der Waals surface area contributed by atoms with E-state index in [1.54, 1.807) is 6.07 Å². The van der Waals surface area contributed by atoms with Gasteiger partial charge in [-0.05, 0) is 61.8 Å². The summed E-state index contributed by atoms with van der Waals surface area (Å²) in [4.78, 5) is 29.5. The van der Waals surface area contributed by atoms with Crippen LogP contribution in [0.4, 0.5) is 8.78 Å². The van der Waals surface area contributed by atoms with Crippen LogP contribution in [0, 0.1) is 11.6 Å². The monoisotopic (exact) mass is 442 g/mol. The number of nitrogens with zero attached hydrogens (tertiary/aromatic N) is 2. The minimum absolute atomic E-state index is 0.0496. The van der Waals surface area contributed by atoms with Gasteiger partial charge in [-0.25, -0.2) is 8.78 Å². The van der Waals surface area contributed by atoms with Crippen LogP contribution in [-0.4, -0.2) is 59.9 Å². The zero-order chi connectivity index (χ0) is 22.8. The molecule has 0 saturated carbocycles. The van der Waals surface area contributed by atoms with E-state index in [1.807, 2.05) is 0 Å². The molecule has 1 N–H and O–H groups in total. The molecule has 2 heterocycles. The van der Waals surface area contributed by atoms with E-state index < -0.39 is 35.1 Å². The lowest BCUT2D eigenvalue weighted by Gasteiger charge is -2.27. The summed E-state index contributed by atoms with van der Waals surface area (Å²) in [5.41, 5.74) is 0.0832. The standard InChI is InChI=1S/C24H24F2N2O4/c1-32-19-8-7-17(26)14-18(19)22(29)20-21(15-5-4-6-16(25)13-15)28(24(31)23(20)30)12-11-27-9-2-3-10-27/h4-8,13-14,21,29H,2-3,9-12H2,1H3/b22-20+. The molecule has 1 atom stereocenters. The number of carbonyl (C=O) groups is 2. The molecule has 0 spiro atoms. The second-order valence-electron chi connectivity index (χ2n) is 7.94. The van der Waals surface area contributed by atoms with Gasteiger partial charge in [-0.2, -0.15) is 0 Å². The van der Waals surface area contributed by atoms with Crippen LogP contribution in [0.3, 0.4) is 0 Å². The van der Waals surface area contributed by atoms with Gasteiger partial charge in [0.2, 0.25) is 0 Å². The average molecular weight is 442 g/mol. The minimum Gasteiger partial charge on any atom is -0.507 e. The number of benzene rings is 2. The summed E-state index contributed by atoms with van der Waals surface area (Å²) in [6.07, 6.45) is 2.15. The highest BCUT2D eigenvalue weighted by Crippen LogP contribution is 2.41. The van der Waals surface area contributed by atoms with Gasteiger partial charge in [-0.1, -0.05) is 12.1 Å². The Hall–Kier alpha value is -3.26. The lowest BCUT2D eigenvalue weighted by Crippen LogP contribution is -2.37. The third-order valence-electron chi connectivity index (χ3n) is 5.98. The number of rotatable bonds is 6. The smallest absolute Gasteiger partial charge is 0.295 e. The van der Waals surface area contributed by atoms with Crippen LogP contribution >= 0.6 is 0 Å². The largest absolute Gasteiger partial charge is 0.507 e. The first-order valence-corrected chi connectivity index (χ1v) is 10.5. The van der Waals surface area contributed by atoms with Crippen LogP contribution in [0.15, 0.2) is 48.0 Å². The van der Waals surface area contributed by atoms with Crippen LogP contribution in [0.25, 0.3) is 5.76 Å². The number of carbonyl (C=O) groups excluding carboxylic acids is 2. The maximum Gasteiger partial charge on any atom is 0.295 e. The second kappa shape index (κ2) is 9.08. The molecule has 32 heavy (non-hydrogen) atoms. The Balaban J connectivity index is 1.82. The zero-order valence-electron chi connectivity index (χ0n) is 17.7. The highest BCUT2D eigenvalue weighted by Gasteiger charge is 2.46. The van der Waals surface area contributed by atoms with Crippen LogP contribution < -0.4 is 4.74 Å². The lowest BCUT2D eigenvalue weighted by atomic mass is 9.95. The van der Waals surface area contributed by atoms with E-state index in [0.29, 0.717) is 12.1 Å². The summed E-state index contributed by atoms with van der Waals surface area (Å²) < 4.78 is 33.2. The Labute approximate surface area is 184 Å². The van der Waals surface area contributed by atoms with E-state index in [9.17, 15) is 23.5 Å². The molecule has 0 radical (unpaired) electrons. The van der Waals surface area contributed by atoms with Crippen molar-refractivity contribution in [1.29, 1.82) is 0 Å². The fourth-order valence-electron chi connectivity index (χ4n) is 4.40. The minimum atomic E-state index is -0.999. The predicted molar refractivity (Wildman–Crippen MR) is 114 cm³/mol. The molecule has 4 rings (SSSR count). The summed E-state index contributed by atoms with van der Waals surface area (Å²) in [6.45, 7) is 2.62. The van der Waals surface area contributed by atoms with Crippen LogP contribution in [0.1, 0.15) is 30.0 Å². The van der Waals surface area contributed by atoms with Gasteiger partial charge < -0.3 is 19.6 Å². The van der Waals surface area contributed by atoms with Crippen molar-refractivity contribution in [3.05, 3.63) is 70.8 Å². The summed E-state index contributed by atoms with van der Waals surface area (Å²) in [6, 6.07) is 8.09. The predicted octanol–water partition coefficient (Wildman–Crippen LogP) is 3.49. The molecule has 2 fully saturated rings. The molecule has 2 saturated heterocycles. The molecule has 0 aliphatic carbocycles. The number of halogens is 2. The first-order valence-electron chi connectivity index (χ1n) is 10.5. The quantitative estimate of drug-likeness (QED) is 0.421. The molecule has 2 aliphatic rings. The van der Waals surface area contributed by atoms with Crippen molar-refractivity contribution in [2.45, 2.75) is 18.9 Å². The van der Waals surface area contributed by atoms with E-state index in [4.69, 9.17) is 4.74 Å². The van der Waals surface area contributed by atoms with Crippen molar-refractivity contribution in [1.82, 2.24) is 9.80 Å². The number of ketones is 1. The highest BCUT2D eigenvalue weighted by molar-refractivity contribution is 6.46. The number of hydrogen-bond donors (Lipinski definition) is 1. The fourth-order valence-corrected chi connectivity index (χ4v) is 4.40. The number of aliphatic hydroxyl groups is 1. The van der Waals surface area contributed by atoms with Crippen molar-refractivity contribution in [2.24, 2.45) is 0 Å². The van der Waals surface area contributed by atoms with Crippen molar-refractivity contribution in [2.75, 3.05) is 33.3 Å². The maximum atomic E-state index is 14.1. The van der Waals surface area contributed by atoms with Crippen LogP contribution in [-0.2, 0) is 9.59 Å². The van der Waals surface area contributed by atoms with Gasteiger partial charge in [0.05, 0.1) is 24.3 Å². The number of amides is 1. The molecular formula is C24H24F2N2O4. The average Bonchev–Trinajstić information content (AvgIpc) is 3.39. The first-order chi connectivity index (χ1) is 15.4. The van der Waals surface area contributed by atoms with E-state index in [1.165, 1.54) is 36.3 Å². The van der Waals surface area contributed by atoms with Crippen molar-refractivity contribution >= 4 is 17.4 Å². The molecule has 6 nitrogen and oxygen atoms in total. The number of aliphatic hydroxyl groups excluding tert-OH is 1. The molecular weight excluding hydrogens is 418 g/mol. The van der Waals surface area contributed by atoms with Gasteiger partial charge in [-0.3, -0.25) is 9.59 Å². The molecule has 168 valence electrons. The summed E-state index contributed by atoms with van der Waals surface area (Å²) in [7, 11) is 1.35. The van der Waals surface area contributed by atoms with Gasteiger partial charge in [-0.15, -0.1) is 0 Å². The number of likely N-dealkylation sites (tertiary alicyclic amines) is 2. The van der Waals surface area contributed by atoms with Gasteiger partial charge in [0.15, 0.2) is 0 Å². The van der Waals surface area contributed by atoms with Crippen LogP contribution in [0.2, 0.25) is 0 Å². The Morgan fingerprint density at radius 2 is 1.78 bits per heavy atom. The van der Waals surface area contributed by atoms with Gasteiger partial charge in [0, 0.05) is 13.1 Å². The molecule has 1 unspecified atom stereocenters. The van der Waals surface area contributed by atoms with Gasteiger partial charge >= 0.3 is 0 Å². The Morgan fingerprint density at radius 3 is 2.47 bits per heavy atom. The van der Waals surface area contributed by atoms with Crippen molar-refractivity contribution in [3.8, 4) is 5.75 Å². The Bertz CT molecular complexity index is 1080. The molecule has 0 bridgehead atoms. The first kappa shape index (κ1) is 22.0. The van der Waals surface area contributed by atoms with Crippen LogP contribution in [0.5, 0.6) is 5.75 Å². The SMILES string of the molecule is COc1ccc(F)cc1/C(O)=C1\C(=O)C(=O)N(CCN2CCCC2)C1c1cccc(F)c1. The molecule has 1 amide bonds. The molecule has 8 heteroatoms. The second-order valence-corrected chi connectivity index (χ2v) is 7.94. The third kappa shape index (κ3) is 4.10. The number of methoxy groups -OCH3 is 1. The fraction of sp³-hybridized carbons (Fsp3) is 0.333. The van der Waals surface area contributed by atoms with Gasteiger partial charge in [0.1, 0.15) is 23.1 Å². The maximum absolute atomic E-state index is 14.1. The number of Topliss-reactive ketones (excluding diaryl/α,β-unsaturated/α-hetero) is 1. The zero-order valence-corrected chi connectivity index (χ0v) is 17.7. The summed E-state index contributed by atoms with van der Waals surface area (Å²) >= 11 is 0. The Morgan fingerprint density at radius 1 is 1.06 bits per heavy atom. The van der Waals surface area contributed by atoms with E-state index in [2.05, 4.69) is 4.90 Å². The highest BCUT2D eigenvalue weighted by atomic mass is 19.1.